The maximum Gasteiger partial charge on any atom is 0.316 e. The molecular formula is C17H32N2O8+2. The maximum absolute atomic E-state index is 12.3. The smallest absolute Gasteiger partial charge is 0.316 e. The number of Topliss-reactive ketones (excluding diaryl/α,β-unsaturated/α-hetero) is 2. The van der Waals surface area contributed by atoms with E-state index in [4.69, 9.17) is 0 Å². The average Bonchev–Trinajstić information content (AvgIpc) is 2.31. The fourth-order valence-corrected chi connectivity index (χ4v) is 2.76. The van der Waals surface area contributed by atoms with Crippen LogP contribution in [0.4, 0.5) is 0 Å². The highest BCUT2D eigenvalue weighted by atomic mass is 16.4. The van der Waals surface area contributed by atoms with Crippen LogP contribution in [0.1, 0.15) is 6.42 Å². The number of carboxylic acid groups (broad SMARTS) is 2. The van der Waals surface area contributed by atoms with E-state index in [2.05, 4.69) is 0 Å². The molecule has 10 heteroatoms. The largest absolute Gasteiger partial charge is 0.481 e. The lowest BCUT2D eigenvalue weighted by molar-refractivity contribution is -0.873. The molecule has 10 nitrogen and oxygen atoms in total. The lowest BCUT2D eigenvalue weighted by Crippen LogP contribution is -2.50. The number of hydrogen-bond acceptors (Lipinski definition) is 6. The number of ketones is 2. The average molecular weight is 392 g/mol. The molecule has 0 bridgehead atoms. The van der Waals surface area contributed by atoms with E-state index < -0.39 is 54.0 Å². The lowest BCUT2D eigenvalue weighted by atomic mass is 9.88. The third kappa shape index (κ3) is 9.05. The van der Waals surface area contributed by atoms with Gasteiger partial charge in [-0.1, -0.05) is 0 Å². The minimum absolute atomic E-state index is 0.0522. The minimum Gasteiger partial charge on any atom is -0.481 e. The Bertz CT molecular complexity index is 526. The third-order valence-electron chi connectivity index (χ3n) is 3.81. The van der Waals surface area contributed by atoms with E-state index in [1.165, 1.54) is 0 Å². The zero-order valence-corrected chi connectivity index (χ0v) is 16.7. The van der Waals surface area contributed by atoms with Crippen molar-refractivity contribution in [2.24, 2.45) is 11.8 Å². The number of hydrogen-bond donors (Lipinski definition) is 4. The fraction of sp³-hybridized carbons (Fsp3) is 0.765. The van der Waals surface area contributed by atoms with Crippen LogP contribution in [0, 0.1) is 11.8 Å². The van der Waals surface area contributed by atoms with Crippen molar-refractivity contribution in [1.82, 2.24) is 0 Å². The lowest BCUT2D eigenvalue weighted by Gasteiger charge is -2.29. The van der Waals surface area contributed by atoms with Gasteiger partial charge in [-0.05, 0) is 0 Å². The van der Waals surface area contributed by atoms with E-state index in [1.807, 2.05) is 0 Å². The van der Waals surface area contributed by atoms with Gasteiger partial charge < -0.3 is 29.4 Å². The molecule has 4 unspecified atom stereocenters. The van der Waals surface area contributed by atoms with Crippen molar-refractivity contribution in [3.05, 3.63) is 0 Å². The van der Waals surface area contributed by atoms with Crippen molar-refractivity contribution in [3.8, 4) is 0 Å². The van der Waals surface area contributed by atoms with Crippen LogP contribution >= 0.6 is 0 Å². The summed E-state index contributed by atoms with van der Waals surface area (Å²) in [6.07, 6.45) is -4.07. The molecule has 0 aromatic rings. The number of carbonyl (C=O) groups is 4. The Morgan fingerprint density at radius 1 is 0.667 bits per heavy atom. The number of likely N-dealkylation sites (N-methyl/N-ethyl adjacent to an activating group) is 2. The molecule has 0 aliphatic carbocycles. The predicted molar refractivity (Wildman–Crippen MR) is 94.7 cm³/mol. The van der Waals surface area contributed by atoms with Crippen LogP contribution in [0.2, 0.25) is 0 Å². The first-order chi connectivity index (χ1) is 12.0. The highest BCUT2D eigenvalue weighted by Gasteiger charge is 2.42. The van der Waals surface area contributed by atoms with Crippen LogP contribution < -0.4 is 0 Å². The van der Waals surface area contributed by atoms with Gasteiger partial charge in [-0.25, -0.2) is 0 Å². The zero-order chi connectivity index (χ0) is 21.7. The fourth-order valence-electron chi connectivity index (χ4n) is 2.76. The molecule has 0 amide bonds. The molecular weight excluding hydrogens is 360 g/mol. The first kappa shape index (κ1) is 25.1. The topological polar surface area (TPSA) is 149 Å². The molecule has 156 valence electrons. The van der Waals surface area contributed by atoms with Crippen molar-refractivity contribution < 1.29 is 48.6 Å². The van der Waals surface area contributed by atoms with Crippen molar-refractivity contribution in [2.75, 3.05) is 55.4 Å². The van der Waals surface area contributed by atoms with Gasteiger partial charge in [-0.2, -0.15) is 0 Å². The van der Waals surface area contributed by atoms with Gasteiger partial charge in [0.25, 0.3) is 0 Å². The number of aliphatic carboxylic acids is 2. The maximum atomic E-state index is 12.3. The molecule has 0 radical (unpaired) electrons. The highest BCUT2D eigenvalue weighted by molar-refractivity contribution is 6.12. The highest BCUT2D eigenvalue weighted by Crippen LogP contribution is 2.17. The minimum atomic E-state index is -1.85. The summed E-state index contributed by atoms with van der Waals surface area (Å²) < 4.78 is 0.373. The van der Waals surface area contributed by atoms with Crippen molar-refractivity contribution in [1.29, 1.82) is 0 Å². The Labute approximate surface area is 158 Å². The molecule has 0 spiro atoms. The summed E-state index contributed by atoms with van der Waals surface area (Å²) in [4.78, 5) is 47.4. The molecule has 0 rings (SSSR count). The molecule has 0 aliphatic rings. The Morgan fingerprint density at radius 2 is 0.926 bits per heavy atom. The summed E-state index contributed by atoms with van der Waals surface area (Å²) in [5.41, 5.74) is 0. The number of rotatable bonds is 12. The summed E-state index contributed by atoms with van der Waals surface area (Å²) in [6.45, 7) is -0.104. The molecule has 4 N–H and O–H groups in total. The van der Waals surface area contributed by atoms with Crippen LogP contribution in [0.5, 0.6) is 0 Å². The van der Waals surface area contributed by atoms with E-state index in [0.29, 0.717) is 0 Å². The van der Waals surface area contributed by atoms with Crippen molar-refractivity contribution >= 4 is 23.5 Å². The van der Waals surface area contributed by atoms with E-state index in [0.717, 1.165) is 0 Å². The number of nitrogens with zero attached hydrogens (tertiary/aromatic N) is 2. The summed E-state index contributed by atoms with van der Waals surface area (Å²) in [7, 11) is 10.2. The number of aliphatic hydroxyl groups excluding tert-OH is 2. The molecule has 0 fully saturated rings. The molecule has 0 aromatic carbocycles. The molecule has 0 saturated carbocycles. The molecule has 0 heterocycles. The molecule has 4 atom stereocenters. The van der Waals surface area contributed by atoms with Gasteiger partial charge in [-0.15, -0.1) is 0 Å². The summed E-state index contributed by atoms with van der Waals surface area (Å²) in [5.74, 6) is -9.05. The van der Waals surface area contributed by atoms with Gasteiger partial charge >= 0.3 is 11.9 Å². The first-order valence-corrected chi connectivity index (χ1v) is 8.44. The van der Waals surface area contributed by atoms with Crippen LogP contribution in [-0.4, -0.2) is 120 Å². The van der Waals surface area contributed by atoms with E-state index >= 15 is 0 Å². The SMILES string of the molecule is C[N+](C)(C)CC(O)C(C(=O)O)C(=O)CC(=O)C(C(=O)O)C(O)C[N+](C)(C)C. The van der Waals surface area contributed by atoms with Gasteiger partial charge in [0.1, 0.15) is 37.1 Å². The normalized spacial score (nSPS) is 16.9. The second-order valence-electron chi connectivity index (χ2n) is 8.82. The van der Waals surface area contributed by atoms with Crippen LogP contribution in [0.25, 0.3) is 0 Å². The number of carboxylic acids is 2. The zero-order valence-electron chi connectivity index (χ0n) is 16.7. The summed E-state index contributed by atoms with van der Waals surface area (Å²) in [5, 5.41) is 38.8. The second-order valence-corrected chi connectivity index (χ2v) is 8.82. The van der Waals surface area contributed by atoms with E-state index in [9.17, 15) is 39.6 Å². The molecule has 0 aromatic heterocycles. The molecule has 27 heavy (non-hydrogen) atoms. The number of quaternary nitrogens is 2. The van der Waals surface area contributed by atoms with Crippen LogP contribution in [0.15, 0.2) is 0 Å². The van der Waals surface area contributed by atoms with Crippen molar-refractivity contribution in [3.63, 3.8) is 0 Å². The first-order valence-electron chi connectivity index (χ1n) is 8.44. The molecule has 0 aliphatic heterocycles. The van der Waals surface area contributed by atoms with Gasteiger partial charge in [0.05, 0.1) is 48.7 Å². The third-order valence-corrected chi connectivity index (χ3v) is 3.81. The van der Waals surface area contributed by atoms with Gasteiger partial charge in [-0.3, -0.25) is 19.2 Å². The molecule has 0 saturated heterocycles. The predicted octanol–water partition coefficient (Wildman–Crippen LogP) is -1.95. The second kappa shape index (κ2) is 9.36. The van der Waals surface area contributed by atoms with Gasteiger partial charge in [0, 0.05) is 0 Å². The van der Waals surface area contributed by atoms with Crippen molar-refractivity contribution in [2.45, 2.75) is 18.6 Å². The quantitative estimate of drug-likeness (QED) is 0.221. The number of carbonyl (C=O) groups excluding carboxylic acids is 2. The Balaban J connectivity index is 5.37. The monoisotopic (exact) mass is 392 g/mol. The standard InChI is InChI=1S/C17H30N2O8/c1-18(2,3)8-12(22)14(16(24)25)10(20)7-11(21)15(17(26)27)13(23)9-19(4,5)6/h12-15,22-23H,7-9H2,1-6H3/p+2. The number of aliphatic hydroxyl groups is 2. The van der Waals surface area contributed by atoms with E-state index in [-0.39, 0.29) is 22.1 Å². The summed E-state index contributed by atoms with van der Waals surface area (Å²) >= 11 is 0. The Kier molecular flexibility index (Phi) is 8.71. The van der Waals surface area contributed by atoms with E-state index in [1.54, 1.807) is 42.3 Å². The van der Waals surface area contributed by atoms with Crippen LogP contribution in [-0.2, 0) is 19.2 Å². The Hall–Kier alpha value is -1.88. The van der Waals surface area contributed by atoms with Gasteiger partial charge in [0.15, 0.2) is 11.6 Å². The Morgan fingerprint density at radius 3 is 1.11 bits per heavy atom. The summed E-state index contributed by atoms with van der Waals surface area (Å²) in [6, 6.07) is 0. The van der Waals surface area contributed by atoms with Crippen LogP contribution in [0.3, 0.4) is 0 Å². The van der Waals surface area contributed by atoms with Gasteiger partial charge in [0.2, 0.25) is 0 Å².